The Morgan fingerprint density at radius 2 is 2.04 bits per heavy atom. The number of primary amides is 1. The summed E-state index contributed by atoms with van der Waals surface area (Å²) in [5.74, 6) is -0.494. The lowest BCUT2D eigenvalue weighted by Gasteiger charge is -2.27. The molecular formula is C18H21N5O3. The molecule has 26 heavy (non-hydrogen) atoms. The average molecular weight is 355 g/mol. The molecule has 0 bridgehead atoms. The van der Waals surface area contributed by atoms with Gasteiger partial charge in [0.1, 0.15) is 6.54 Å². The standard InChI is InChI=1S/C18H21N5O3/c19-18(25)13-1-2-14-12(3-5-20-14)17(13)15-4-6-21-23(15)11-16(24)22-7-9-26-10-8-22/h1-2,4,6,20H,3,5,7-11H2,(H2,19,25). The van der Waals surface area contributed by atoms with Crippen LogP contribution in [0.3, 0.4) is 0 Å². The van der Waals surface area contributed by atoms with Crippen LogP contribution in [0.1, 0.15) is 15.9 Å². The minimum absolute atomic E-state index is 0.00965. The normalized spacial score (nSPS) is 16.2. The van der Waals surface area contributed by atoms with Gasteiger partial charge < -0.3 is 20.7 Å². The summed E-state index contributed by atoms with van der Waals surface area (Å²) in [5, 5.41) is 7.63. The molecule has 1 fully saturated rings. The van der Waals surface area contributed by atoms with E-state index in [2.05, 4.69) is 10.4 Å². The van der Waals surface area contributed by atoms with Crippen molar-refractivity contribution in [3.05, 3.63) is 35.5 Å². The molecule has 1 aromatic carbocycles. The average Bonchev–Trinajstić information content (AvgIpc) is 3.30. The number of nitrogens with two attached hydrogens (primary N) is 1. The van der Waals surface area contributed by atoms with Gasteiger partial charge in [-0.2, -0.15) is 5.10 Å². The Morgan fingerprint density at radius 3 is 2.81 bits per heavy atom. The van der Waals surface area contributed by atoms with Crippen molar-refractivity contribution < 1.29 is 14.3 Å². The van der Waals surface area contributed by atoms with Crippen molar-refractivity contribution >= 4 is 17.5 Å². The molecule has 0 aliphatic carbocycles. The number of benzene rings is 1. The highest BCUT2D eigenvalue weighted by atomic mass is 16.5. The molecule has 2 aromatic rings. The van der Waals surface area contributed by atoms with Crippen LogP contribution in [-0.4, -0.2) is 59.3 Å². The molecule has 3 heterocycles. The van der Waals surface area contributed by atoms with Crippen molar-refractivity contribution in [3.8, 4) is 11.3 Å². The van der Waals surface area contributed by atoms with Crippen LogP contribution in [0.15, 0.2) is 24.4 Å². The molecule has 8 nitrogen and oxygen atoms in total. The predicted octanol–water partition coefficient (Wildman–Crippen LogP) is 0.476. The third-order valence-electron chi connectivity index (χ3n) is 4.89. The Hall–Kier alpha value is -2.87. The zero-order chi connectivity index (χ0) is 18.1. The maximum absolute atomic E-state index is 12.6. The predicted molar refractivity (Wildman–Crippen MR) is 95.8 cm³/mol. The van der Waals surface area contributed by atoms with E-state index in [1.165, 1.54) is 0 Å². The van der Waals surface area contributed by atoms with Crippen LogP contribution in [0.4, 0.5) is 5.69 Å². The second-order valence-electron chi connectivity index (χ2n) is 6.42. The number of aromatic nitrogens is 2. The Morgan fingerprint density at radius 1 is 1.23 bits per heavy atom. The molecule has 0 atom stereocenters. The number of rotatable bonds is 4. The van der Waals surface area contributed by atoms with Gasteiger partial charge in [0.15, 0.2) is 0 Å². The fraction of sp³-hybridized carbons (Fsp3) is 0.389. The summed E-state index contributed by atoms with van der Waals surface area (Å²) in [7, 11) is 0. The summed E-state index contributed by atoms with van der Waals surface area (Å²) < 4.78 is 6.95. The summed E-state index contributed by atoms with van der Waals surface area (Å²) in [5.41, 5.74) is 9.61. The monoisotopic (exact) mass is 355 g/mol. The van der Waals surface area contributed by atoms with E-state index >= 15 is 0 Å². The molecule has 3 N–H and O–H groups in total. The van der Waals surface area contributed by atoms with E-state index < -0.39 is 5.91 Å². The van der Waals surface area contributed by atoms with E-state index in [-0.39, 0.29) is 12.5 Å². The first-order valence-corrected chi connectivity index (χ1v) is 8.72. The van der Waals surface area contributed by atoms with E-state index in [0.29, 0.717) is 31.9 Å². The number of fused-ring (bicyclic) bond motifs is 1. The molecule has 8 heteroatoms. The molecule has 1 saturated heterocycles. The molecule has 2 aliphatic heterocycles. The van der Waals surface area contributed by atoms with Crippen molar-refractivity contribution in [2.24, 2.45) is 5.73 Å². The number of amides is 2. The number of anilines is 1. The number of carbonyl (C=O) groups excluding carboxylic acids is 2. The number of hydrogen-bond acceptors (Lipinski definition) is 5. The molecule has 0 radical (unpaired) electrons. The van der Waals surface area contributed by atoms with Crippen LogP contribution in [0, 0.1) is 0 Å². The van der Waals surface area contributed by atoms with Crippen LogP contribution < -0.4 is 11.1 Å². The quantitative estimate of drug-likeness (QED) is 0.830. The van der Waals surface area contributed by atoms with Crippen molar-refractivity contribution in [2.45, 2.75) is 13.0 Å². The van der Waals surface area contributed by atoms with Crippen LogP contribution in [0.2, 0.25) is 0 Å². The van der Waals surface area contributed by atoms with Gasteiger partial charge in [0.05, 0.1) is 18.9 Å². The highest BCUT2D eigenvalue weighted by Gasteiger charge is 2.25. The minimum Gasteiger partial charge on any atom is -0.384 e. The number of hydrogen-bond donors (Lipinski definition) is 2. The first-order valence-electron chi connectivity index (χ1n) is 8.72. The number of ether oxygens (including phenoxy) is 1. The molecule has 0 saturated carbocycles. The molecule has 1 aromatic heterocycles. The van der Waals surface area contributed by atoms with E-state index in [1.807, 2.05) is 12.1 Å². The summed E-state index contributed by atoms with van der Waals surface area (Å²) in [6.07, 6.45) is 2.45. The van der Waals surface area contributed by atoms with Crippen molar-refractivity contribution in [3.63, 3.8) is 0 Å². The SMILES string of the molecule is NC(=O)c1ccc2c(c1-c1ccnn1CC(=O)N1CCOCC1)CCN2. The smallest absolute Gasteiger partial charge is 0.249 e. The van der Waals surface area contributed by atoms with Gasteiger partial charge in [-0.25, -0.2) is 0 Å². The fourth-order valence-electron chi connectivity index (χ4n) is 3.61. The van der Waals surface area contributed by atoms with Crippen LogP contribution in [0.5, 0.6) is 0 Å². The summed E-state index contributed by atoms with van der Waals surface area (Å²) in [6.45, 7) is 3.23. The third kappa shape index (κ3) is 2.92. The second-order valence-corrected chi connectivity index (χ2v) is 6.42. The molecule has 2 aliphatic rings. The minimum atomic E-state index is -0.484. The fourth-order valence-corrected chi connectivity index (χ4v) is 3.61. The summed E-state index contributed by atoms with van der Waals surface area (Å²) in [4.78, 5) is 26.4. The lowest BCUT2D eigenvalue weighted by atomic mass is 9.95. The van der Waals surface area contributed by atoms with Gasteiger partial charge >= 0.3 is 0 Å². The molecule has 4 rings (SSSR count). The molecule has 0 unspecified atom stereocenters. The molecule has 2 amide bonds. The van der Waals surface area contributed by atoms with Crippen molar-refractivity contribution in [2.75, 3.05) is 38.2 Å². The van der Waals surface area contributed by atoms with Gasteiger partial charge in [0, 0.05) is 42.6 Å². The van der Waals surface area contributed by atoms with Crippen molar-refractivity contribution in [1.82, 2.24) is 14.7 Å². The topological polar surface area (TPSA) is 102 Å². The zero-order valence-electron chi connectivity index (χ0n) is 14.4. The number of carbonyl (C=O) groups is 2. The number of nitrogens with zero attached hydrogens (tertiary/aromatic N) is 3. The molecule has 0 spiro atoms. The number of nitrogens with one attached hydrogen (secondary N) is 1. The van der Waals surface area contributed by atoms with E-state index in [4.69, 9.17) is 10.5 Å². The Bertz CT molecular complexity index is 855. The largest absolute Gasteiger partial charge is 0.384 e. The zero-order valence-corrected chi connectivity index (χ0v) is 14.4. The first-order chi connectivity index (χ1) is 12.6. The Labute approximate surface area is 150 Å². The maximum atomic E-state index is 12.6. The van der Waals surface area contributed by atoms with Gasteiger partial charge in [0.2, 0.25) is 11.8 Å². The Kier molecular flexibility index (Phi) is 4.34. The van der Waals surface area contributed by atoms with Crippen LogP contribution in [-0.2, 0) is 22.5 Å². The van der Waals surface area contributed by atoms with E-state index in [0.717, 1.165) is 35.5 Å². The first kappa shape index (κ1) is 16.6. The van der Waals surface area contributed by atoms with Crippen molar-refractivity contribution in [1.29, 1.82) is 0 Å². The van der Waals surface area contributed by atoms with Gasteiger partial charge in [-0.15, -0.1) is 0 Å². The highest BCUT2D eigenvalue weighted by molar-refractivity contribution is 6.01. The van der Waals surface area contributed by atoms with Gasteiger partial charge in [0.25, 0.3) is 0 Å². The molecule has 136 valence electrons. The lowest BCUT2D eigenvalue weighted by molar-refractivity contribution is -0.136. The van der Waals surface area contributed by atoms with Gasteiger partial charge in [-0.05, 0) is 30.2 Å². The van der Waals surface area contributed by atoms with E-state index in [1.54, 1.807) is 21.8 Å². The summed E-state index contributed by atoms with van der Waals surface area (Å²) in [6, 6.07) is 5.44. The summed E-state index contributed by atoms with van der Waals surface area (Å²) >= 11 is 0. The van der Waals surface area contributed by atoms with E-state index in [9.17, 15) is 9.59 Å². The number of morpholine rings is 1. The van der Waals surface area contributed by atoms with Crippen LogP contribution in [0.25, 0.3) is 11.3 Å². The highest BCUT2D eigenvalue weighted by Crippen LogP contribution is 2.35. The van der Waals surface area contributed by atoms with Gasteiger partial charge in [-0.1, -0.05) is 0 Å². The van der Waals surface area contributed by atoms with Gasteiger partial charge in [-0.3, -0.25) is 14.3 Å². The van der Waals surface area contributed by atoms with Crippen LogP contribution >= 0.6 is 0 Å². The molecular weight excluding hydrogens is 334 g/mol. The lowest BCUT2D eigenvalue weighted by Crippen LogP contribution is -2.42. The Balaban J connectivity index is 1.70. The maximum Gasteiger partial charge on any atom is 0.249 e. The second kappa shape index (κ2) is 6.80. The third-order valence-corrected chi connectivity index (χ3v) is 4.89.